The monoisotopic (exact) mass is 324 g/mol. The molecule has 1 rings (SSSR count). The van der Waals surface area contributed by atoms with Gasteiger partial charge >= 0.3 is 0 Å². The number of hydrazine groups is 1. The van der Waals surface area contributed by atoms with Crippen LogP contribution in [0.4, 0.5) is 0 Å². The molecular formula is C19H40N4. The summed E-state index contributed by atoms with van der Waals surface area (Å²) < 4.78 is 0. The van der Waals surface area contributed by atoms with E-state index in [1.165, 1.54) is 96.3 Å². The van der Waals surface area contributed by atoms with Crippen LogP contribution >= 0.6 is 0 Å². The van der Waals surface area contributed by atoms with E-state index in [0.717, 1.165) is 6.67 Å². The Labute approximate surface area is 144 Å². The second-order valence-electron chi connectivity index (χ2n) is 7.05. The lowest BCUT2D eigenvalue weighted by atomic mass is 10.0. The first-order chi connectivity index (χ1) is 11.4. The highest BCUT2D eigenvalue weighted by Crippen LogP contribution is 2.16. The van der Waals surface area contributed by atoms with E-state index in [1.807, 2.05) is 0 Å². The van der Waals surface area contributed by atoms with Crippen LogP contribution in [0, 0.1) is 0 Å². The van der Waals surface area contributed by atoms with Gasteiger partial charge in [-0.1, -0.05) is 103 Å². The maximum Gasteiger partial charge on any atom is 0.133 e. The summed E-state index contributed by atoms with van der Waals surface area (Å²) in [5, 5.41) is 10.0. The van der Waals surface area contributed by atoms with Gasteiger partial charge in [-0.2, -0.15) is 10.1 Å². The molecule has 1 N–H and O–H groups in total. The van der Waals surface area contributed by atoms with E-state index in [0.29, 0.717) is 6.04 Å². The average molecular weight is 325 g/mol. The number of nitrogens with zero attached hydrogens (tertiary/aromatic N) is 3. The Balaban J connectivity index is 1.79. The van der Waals surface area contributed by atoms with Crippen molar-refractivity contribution in [3.8, 4) is 0 Å². The predicted molar refractivity (Wildman–Crippen MR) is 99.1 cm³/mol. The van der Waals surface area contributed by atoms with Crippen LogP contribution in [-0.2, 0) is 0 Å². The van der Waals surface area contributed by atoms with Crippen LogP contribution in [0.1, 0.15) is 110 Å². The van der Waals surface area contributed by atoms with E-state index in [9.17, 15) is 0 Å². The van der Waals surface area contributed by atoms with Crippen LogP contribution in [0.15, 0.2) is 10.3 Å². The molecule has 4 nitrogen and oxygen atoms in total. The highest BCUT2D eigenvalue weighted by atomic mass is 15.8. The topological polar surface area (TPSA) is 40.0 Å². The van der Waals surface area contributed by atoms with Crippen molar-refractivity contribution in [1.29, 1.82) is 0 Å². The van der Waals surface area contributed by atoms with Crippen LogP contribution in [0.5, 0.6) is 0 Å². The molecule has 0 spiro atoms. The number of unbranched alkanes of at least 4 members (excludes halogenated alkanes) is 12. The third-order valence-corrected chi connectivity index (χ3v) is 5.01. The highest BCUT2D eigenvalue weighted by Gasteiger charge is 2.18. The summed E-state index contributed by atoms with van der Waals surface area (Å²) in [5.74, 6) is 0. The largest absolute Gasteiger partial charge is 0.220 e. The molecule has 0 aliphatic carbocycles. The first-order valence-electron chi connectivity index (χ1n) is 10.3. The lowest BCUT2D eigenvalue weighted by molar-refractivity contribution is 0.146. The van der Waals surface area contributed by atoms with Crippen molar-refractivity contribution in [3.05, 3.63) is 0 Å². The Morgan fingerprint density at radius 1 is 0.783 bits per heavy atom. The molecule has 0 aromatic heterocycles. The molecule has 0 aromatic rings. The molecule has 0 fully saturated rings. The SMILES string of the molecule is CCCCCCCCCCCCCCCC(CC)N1CN=NN1. The molecule has 0 amide bonds. The Hall–Kier alpha value is -0.640. The Morgan fingerprint density at radius 3 is 1.74 bits per heavy atom. The van der Waals surface area contributed by atoms with Gasteiger partial charge in [0.05, 0.1) is 0 Å². The number of hydrogen-bond donors (Lipinski definition) is 1. The maximum atomic E-state index is 3.99. The van der Waals surface area contributed by atoms with Crippen molar-refractivity contribution in [1.82, 2.24) is 10.5 Å². The number of rotatable bonds is 16. The highest BCUT2D eigenvalue weighted by molar-refractivity contribution is 4.67. The molecule has 1 heterocycles. The average Bonchev–Trinajstić information content (AvgIpc) is 3.09. The van der Waals surface area contributed by atoms with Gasteiger partial charge in [0.2, 0.25) is 0 Å². The summed E-state index contributed by atoms with van der Waals surface area (Å²) in [4.78, 5) is 0. The molecule has 0 saturated carbocycles. The molecular weight excluding hydrogens is 284 g/mol. The van der Waals surface area contributed by atoms with Gasteiger partial charge in [-0.25, -0.2) is 5.53 Å². The maximum absolute atomic E-state index is 3.99. The quantitative estimate of drug-likeness (QED) is 0.334. The van der Waals surface area contributed by atoms with E-state index >= 15 is 0 Å². The molecule has 1 aliphatic rings. The van der Waals surface area contributed by atoms with E-state index in [4.69, 9.17) is 0 Å². The molecule has 23 heavy (non-hydrogen) atoms. The molecule has 0 saturated heterocycles. The van der Waals surface area contributed by atoms with Crippen molar-refractivity contribution >= 4 is 0 Å². The zero-order valence-corrected chi connectivity index (χ0v) is 15.7. The smallest absolute Gasteiger partial charge is 0.133 e. The first-order valence-corrected chi connectivity index (χ1v) is 10.3. The normalized spacial score (nSPS) is 15.9. The first kappa shape index (κ1) is 20.4. The summed E-state index contributed by atoms with van der Waals surface area (Å²) in [6, 6.07) is 0.595. The summed E-state index contributed by atoms with van der Waals surface area (Å²) in [5.41, 5.74) is 3.00. The second-order valence-corrected chi connectivity index (χ2v) is 7.05. The van der Waals surface area contributed by atoms with Gasteiger partial charge in [0.25, 0.3) is 0 Å². The van der Waals surface area contributed by atoms with Crippen LogP contribution in [0.25, 0.3) is 0 Å². The van der Waals surface area contributed by atoms with Crippen molar-refractivity contribution in [2.45, 2.75) is 116 Å². The van der Waals surface area contributed by atoms with Crippen molar-refractivity contribution in [2.24, 2.45) is 10.3 Å². The number of nitrogens with one attached hydrogen (secondary N) is 1. The van der Waals surface area contributed by atoms with Gasteiger partial charge < -0.3 is 0 Å². The van der Waals surface area contributed by atoms with Crippen LogP contribution in [0.2, 0.25) is 0 Å². The van der Waals surface area contributed by atoms with E-state index in [1.54, 1.807) is 0 Å². The summed E-state index contributed by atoms with van der Waals surface area (Å²) in [7, 11) is 0. The lowest BCUT2D eigenvalue weighted by Gasteiger charge is -2.23. The third kappa shape index (κ3) is 10.7. The Morgan fingerprint density at radius 2 is 1.30 bits per heavy atom. The van der Waals surface area contributed by atoms with Crippen molar-refractivity contribution in [2.75, 3.05) is 6.67 Å². The fourth-order valence-corrected chi connectivity index (χ4v) is 3.40. The van der Waals surface area contributed by atoms with Gasteiger partial charge in [0.15, 0.2) is 0 Å². The minimum absolute atomic E-state index is 0.595. The van der Waals surface area contributed by atoms with Gasteiger partial charge in [-0.15, -0.1) is 0 Å². The minimum Gasteiger partial charge on any atom is -0.220 e. The fraction of sp³-hybridized carbons (Fsp3) is 1.00. The van der Waals surface area contributed by atoms with Crippen LogP contribution in [0.3, 0.4) is 0 Å². The van der Waals surface area contributed by atoms with Gasteiger partial charge in [0, 0.05) is 6.04 Å². The molecule has 136 valence electrons. The molecule has 4 heteroatoms. The minimum atomic E-state index is 0.595. The van der Waals surface area contributed by atoms with Crippen molar-refractivity contribution < 1.29 is 0 Å². The predicted octanol–water partition coefficient (Wildman–Crippen LogP) is 6.39. The molecule has 1 atom stereocenters. The molecule has 1 unspecified atom stereocenters. The van der Waals surface area contributed by atoms with Gasteiger partial charge in [0.1, 0.15) is 6.67 Å². The number of hydrogen-bond acceptors (Lipinski definition) is 4. The standard InChI is InChI=1S/C19H40N4/c1-3-5-6-7-8-9-10-11-12-13-14-15-16-17-19(4-2)23-18-20-21-22-23/h19H,3-18H2,1-2H3,(H,20,22). The van der Waals surface area contributed by atoms with Gasteiger partial charge in [-0.3, -0.25) is 0 Å². The summed E-state index contributed by atoms with van der Waals surface area (Å²) in [6.07, 6.45) is 21.0. The Bertz CT molecular complexity index is 273. The summed E-state index contributed by atoms with van der Waals surface area (Å²) >= 11 is 0. The van der Waals surface area contributed by atoms with E-state index < -0.39 is 0 Å². The van der Waals surface area contributed by atoms with Crippen LogP contribution in [-0.4, -0.2) is 17.7 Å². The molecule has 1 aliphatic heterocycles. The molecule has 0 bridgehead atoms. The Kier molecular flexibility index (Phi) is 13.2. The third-order valence-electron chi connectivity index (χ3n) is 5.01. The lowest BCUT2D eigenvalue weighted by Crippen LogP contribution is -2.39. The van der Waals surface area contributed by atoms with Crippen LogP contribution < -0.4 is 5.53 Å². The molecule has 0 radical (unpaired) electrons. The van der Waals surface area contributed by atoms with Gasteiger partial charge in [-0.05, 0) is 12.8 Å². The fourth-order valence-electron chi connectivity index (χ4n) is 3.40. The van der Waals surface area contributed by atoms with E-state index in [2.05, 4.69) is 34.7 Å². The second kappa shape index (κ2) is 14.9. The zero-order valence-electron chi connectivity index (χ0n) is 15.7. The molecule has 0 aromatic carbocycles. The van der Waals surface area contributed by atoms with E-state index in [-0.39, 0.29) is 0 Å². The zero-order chi connectivity index (χ0) is 16.6. The summed E-state index contributed by atoms with van der Waals surface area (Å²) in [6.45, 7) is 5.27. The van der Waals surface area contributed by atoms with Crippen molar-refractivity contribution in [3.63, 3.8) is 0 Å².